The van der Waals surface area contributed by atoms with Crippen molar-refractivity contribution in [2.24, 2.45) is 0 Å². The third-order valence-corrected chi connectivity index (χ3v) is 5.34. The fourth-order valence-electron chi connectivity index (χ4n) is 4.15. The fourth-order valence-corrected chi connectivity index (χ4v) is 4.15. The molecule has 1 aliphatic carbocycles. The molecule has 122 valence electrons. The molecule has 1 atom stereocenters. The maximum absolute atomic E-state index is 12.8. The minimum atomic E-state index is -1.04. The van der Waals surface area contributed by atoms with E-state index in [1.165, 1.54) is 6.07 Å². The van der Waals surface area contributed by atoms with Gasteiger partial charge >= 0.3 is 5.97 Å². The number of aromatic nitrogens is 1. The lowest BCUT2D eigenvalue weighted by atomic mass is 9.79. The number of para-hydroxylation sites is 1. The molecule has 2 heterocycles. The number of nitrogens with zero attached hydrogens (tertiary/aromatic N) is 1. The molecular formula is C20H14N2O3. The van der Waals surface area contributed by atoms with Crippen LogP contribution >= 0.6 is 0 Å². The molecule has 1 amide bonds. The Hall–Kier alpha value is -3.21. The number of pyridine rings is 1. The number of amides is 1. The predicted molar refractivity (Wildman–Crippen MR) is 92.9 cm³/mol. The summed E-state index contributed by atoms with van der Waals surface area (Å²) in [5.41, 5.74) is 4.24. The lowest BCUT2D eigenvalue weighted by Crippen LogP contribution is -2.35. The summed E-state index contributed by atoms with van der Waals surface area (Å²) in [4.78, 5) is 28.1. The van der Waals surface area contributed by atoms with Gasteiger partial charge in [0.25, 0.3) is 0 Å². The zero-order chi connectivity index (χ0) is 17.2. The molecule has 5 heteroatoms. The van der Waals surface area contributed by atoms with Gasteiger partial charge in [0.2, 0.25) is 5.91 Å². The van der Waals surface area contributed by atoms with Gasteiger partial charge in [-0.25, -0.2) is 9.78 Å². The molecule has 5 rings (SSSR count). The molecule has 1 aliphatic heterocycles. The minimum Gasteiger partial charge on any atom is -0.477 e. The fraction of sp³-hybridized carbons (Fsp3) is 0.150. The molecular weight excluding hydrogens is 316 g/mol. The van der Waals surface area contributed by atoms with Crippen molar-refractivity contribution in [3.05, 3.63) is 70.9 Å². The standard InChI is InChI=1S/C20H14N2O3/c23-18(24)16-6-5-11-7-12-9-20(10-13(12)8-17(11)21-16)14-3-1-2-4-15(14)22-19(20)25/h1-8H,9-10H2,(H,22,25)(H,23,24)/t20-/m0/s1. The van der Waals surface area contributed by atoms with E-state index < -0.39 is 11.4 Å². The van der Waals surface area contributed by atoms with Gasteiger partial charge in [-0.15, -0.1) is 0 Å². The van der Waals surface area contributed by atoms with E-state index in [0.717, 1.165) is 27.8 Å². The monoisotopic (exact) mass is 330 g/mol. The quantitative estimate of drug-likeness (QED) is 0.719. The van der Waals surface area contributed by atoms with Crippen LogP contribution in [0.4, 0.5) is 5.69 Å². The Morgan fingerprint density at radius 1 is 1.08 bits per heavy atom. The Morgan fingerprint density at radius 2 is 1.84 bits per heavy atom. The van der Waals surface area contributed by atoms with Gasteiger partial charge in [0.05, 0.1) is 10.9 Å². The second-order valence-corrected chi connectivity index (χ2v) is 6.75. The molecule has 0 unspecified atom stereocenters. The normalized spacial score (nSPS) is 20.6. The first-order valence-corrected chi connectivity index (χ1v) is 8.14. The first kappa shape index (κ1) is 14.2. The molecule has 0 radical (unpaired) electrons. The Labute approximate surface area is 143 Å². The number of rotatable bonds is 1. The van der Waals surface area contributed by atoms with Gasteiger partial charge in [0.15, 0.2) is 0 Å². The zero-order valence-electron chi connectivity index (χ0n) is 13.2. The molecule has 0 saturated carbocycles. The molecule has 2 aromatic carbocycles. The van der Waals surface area contributed by atoms with E-state index in [1.807, 2.05) is 36.4 Å². The highest BCUT2D eigenvalue weighted by atomic mass is 16.4. The lowest BCUT2D eigenvalue weighted by Gasteiger charge is -2.20. The number of carbonyl (C=O) groups excluding carboxylic acids is 1. The van der Waals surface area contributed by atoms with Crippen LogP contribution in [0.2, 0.25) is 0 Å². The van der Waals surface area contributed by atoms with E-state index in [0.29, 0.717) is 18.4 Å². The summed E-state index contributed by atoms with van der Waals surface area (Å²) in [5.74, 6) is -1.00. The first-order valence-electron chi connectivity index (χ1n) is 8.14. The number of fused-ring (bicyclic) bond motifs is 4. The van der Waals surface area contributed by atoms with Crippen molar-refractivity contribution >= 4 is 28.5 Å². The third-order valence-electron chi connectivity index (χ3n) is 5.34. The summed E-state index contributed by atoms with van der Waals surface area (Å²) in [6.07, 6.45) is 1.27. The highest BCUT2D eigenvalue weighted by Gasteiger charge is 2.50. The van der Waals surface area contributed by atoms with E-state index >= 15 is 0 Å². The van der Waals surface area contributed by atoms with E-state index in [1.54, 1.807) is 6.07 Å². The number of hydrogen-bond acceptors (Lipinski definition) is 3. The number of nitrogens with one attached hydrogen (secondary N) is 1. The van der Waals surface area contributed by atoms with Gasteiger partial charge in [-0.3, -0.25) is 4.79 Å². The van der Waals surface area contributed by atoms with Gasteiger partial charge in [0.1, 0.15) is 5.69 Å². The highest BCUT2D eigenvalue weighted by molar-refractivity contribution is 6.07. The Balaban J connectivity index is 1.66. The molecule has 5 nitrogen and oxygen atoms in total. The molecule has 25 heavy (non-hydrogen) atoms. The van der Waals surface area contributed by atoms with Crippen molar-refractivity contribution in [2.45, 2.75) is 18.3 Å². The molecule has 0 bridgehead atoms. The highest BCUT2D eigenvalue weighted by Crippen LogP contribution is 2.47. The van der Waals surface area contributed by atoms with Crippen LogP contribution in [-0.4, -0.2) is 22.0 Å². The topological polar surface area (TPSA) is 79.3 Å². The van der Waals surface area contributed by atoms with Gasteiger partial charge < -0.3 is 10.4 Å². The van der Waals surface area contributed by atoms with Crippen LogP contribution in [0.1, 0.15) is 27.2 Å². The van der Waals surface area contributed by atoms with E-state index in [9.17, 15) is 9.59 Å². The summed E-state index contributed by atoms with van der Waals surface area (Å²) >= 11 is 0. The van der Waals surface area contributed by atoms with Crippen LogP contribution in [0.3, 0.4) is 0 Å². The van der Waals surface area contributed by atoms with E-state index in [2.05, 4.69) is 10.3 Å². The molecule has 2 N–H and O–H groups in total. The van der Waals surface area contributed by atoms with Gasteiger partial charge in [-0.1, -0.05) is 24.3 Å². The number of hydrogen-bond donors (Lipinski definition) is 2. The van der Waals surface area contributed by atoms with Crippen molar-refractivity contribution < 1.29 is 14.7 Å². The number of aromatic carboxylic acids is 1. The van der Waals surface area contributed by atoms with Crippen LogP contribution in [0.15, 0.2) is 48.5 Å². The molecule has 1 aromatic heterocycles. The number of carbonyl (C=O) groups is 2. The molecule has 2 aliphatic rings. The Kier molecular flexibility index (Phi) is 2.64. The third kappa shape index (κ3) is 1.86. The predicted octanol–water partition coefficient (Wildman–Crippen LogP) is 2.92. The molecule has 0 fully saturated rings. The Morgan fingerprint density at radius 3 is 2.64 bits per heavy atom. The molecule has 0 saturated heterocycles. The molecule has 3 aromatic rings. The van der Waals surface area contributed by atoms with Crippen LogP contribution in [-0.2, 0) is 23.1 Å². The number of benzene rings is 2. The average Bonchev–Trinajstić information content (AvgIpc) is 3.10. The number of carboxylic acids is 1. The second kappa shape index (κ2) is 4.66. The summed E-state index contributed by atoms with van der Waals surface area (Å²) in [5, 5.41) is 13.0. The number of anilines is 1. The van der Waals surface area contributed by atoms with E-state index in [-0.39, 0.29) is 11.6 Å². The maximum Gasteiger partial charge on any atom is 0.354 e. The van der Waals surface area contributed by atoms with Crippen molar-refractivity contribution in [2.75, 3.05) is 5.32 Å². The van der Waals surface area contributed by atoms with E-state index in [4.69, 9.17) is 5.11 Å². The maximum atomic E-state index is 12.8. The van der Waals surface area contributed by atoms with Crippen LogP contribution in [0.25, 0.3) is 10.9 Å². The van der Waals surface area contributed by atoms with Crippen molar-refractivity contribution in [3.63, 3.8) is 0 Å². The van der Waals surface area contributed by atoms with Gasteiger partial charge in [0, 0.05) is 11.1 Å². The lowest BCUT2D eigenvalue weighted by molar-refractivity contribution is -0.120. The second-order valence-electron chi connectivity index (χ2n) is 6.75. The summed E-state index contributed by atoms with van der Waals surface area (Å²) in [6.45, 7) is 0. The van der Waals surface area contributed by atoms with Crippen LogP contribution in [0.5, 0.6) is 0 Å². The minimum absolute atomic E-state index is 0.0316. The average molecular weight is 330 g/mol. The first-order chi connectivity index (χ1) is 12.1. The van der Waals surface area contributed by atoms with Crippen LogP contribution in [0, 0.1) is 0 Å². The largest absolute Gasteiger partial charge is 0.477 e. The van der Waals surface area contributed by atoms with Crippen molar-refractivity contribution in [1.29, 1.82) is 0 Å². The Bertz CT molecular complexity index is 1090. The zero-order valence-corrected chi connectivity index (χ0v) is 13.2. The van der Waals surface area contributed by atoms with Crippen LogP contribution < -0.4 is 5.32 Å². The van der Waals surface area contributed by atoms with Gasteiger partial charge in [-0.05, 0) is 53.8 Å². The summed E-state index contributed by atoms with van der Waals surface area (Å²) in [6, 6.07) is 15.1. The number of carboxylic acid groups (broad SMARTS) is 1. The molecule has 1 spiro atoms. The van der Waals surface area contributed by atoms with Crippen molar-refractivity contribution in [3.8, 4) is 0 Å². The van der Waals surface area contributed by atoms with Crippen molar-refractivity contribution in [1.82, 2.24) is 4.98 Å². The summed E-state index contributed by atoms with van der Waals surface area (Å²) in [7, 11) is 0. The van der Waals surface area contributed by atoms with Gasteiger partial charge in [-0.2, -0.15) is 0 Å². The smallest absolute Gasteiger partial charge is 0.354 e. The SMILES string of the molecule is O=C(O)c1ccc2cc3c(cc2n1)C[C@]1(C3)C(=O)Nc2ccccc21. The summed E-state index contributed by atoms with van der Waals surface area (Å²) < 4.78 is 0.